The van der Waals surface area contributed by atoms with Crippen molar-refractivity contribution in [2.45, 2.75) is 32.2 Å². The van der Waals surface area contributed by atoms with E-state index >= 15 is 0 Å². The van der Waals surface area contributed by atoms with Gasteiger partial charge in [-0.2, -0.15) is 0 Å². The van der Waals surface area contributed by atoms with E-state index in [1.807, 2.05) is 0 Å². The molecule has 1 heterocycles. The predicted octanol–water partition coefficient (Wildman–Crippen LogP) is 2.81. The second-order valence-electron chi connectivity index (χ2n) is 4.75. The molecule has 2 rings (SSSR count). The maximum Gasteiger partial charge on any atom is 0.0795 e. The molecule has 0 aliphatic carbocycles. The van der Waals surface area contributed by atoms with Crippen LogP contribution in [0.1, 0.15) is 26.3 Å². The molecule has 1 unspecified atom stereocenters. The molecule has 1 aromatic carbocycles. The zero-order chi connectivity index (χ0) is 11.1. The van der Waals surface area contributed by atoms with Crippen LogP contribution in [0.25, 0.3) is 0 Å². The number of fused-ring (bicyclic) bond motifs is 1. The minimum Gasteiger partial charge on any atom is -0.357 e. The monoisotopic (exact) mass is 199 g/mol. The van der Waals surface area contributed by atoms with Crippen LogP contribution in [0, 0.1) is 12.3 Å². The van der Waals surface area contributed by atoms with Gasteiger partial charge in [0.05, 0.1) is 6.54 Å². The number of nitrogens with zero attached hydrogens (tertiary/aromatic N) is 1. The molecule has 78 valence electrons. The first-order valence-corrected chi connectivity index (χ1v) is 5.38. The zero-order valence-corrected chi connectivity index (χ0v) is 9.62. The van der Waals surface area contributed by atoms with E-state index in [1.165, 1.54) is 11.3 Å². The summed E-state index contributed by atoms with van der Waals surface area (Å²) in [4.78, 5) is 2.31. The topological polar surface area (TPSA) is 3.24 Å². The van der Waals surface area contributed by atoms with Crippen molar-refractivity contribution in [1.82, 2.24) is 0 Å². The lowest BCUT2D eigenvalue weighted by Crippen LogP contribution is -2.39. The van der Waals surface area contributed by atoms with Gasteiger partial charge in [0.2, 0.25) is 0 Å². The molecular formula is C14H17N. The van der Waals surface area contributed by atoms with Crippen LogP contribution >= 0.6 is 0 Å². The molecule has 15 heavy (non-hydrogen) atoms. The first kappa shape index (κ1) is 10.1. The van der Waals surface area contributed by atoms with Gasteiger partial charge in [-0.1, -0.05) is 38.0 Å². The Kier molecular flexibility index (Phi) is 2.23. The standard InChI is InChI=1S/C14H17N/c1-5-10-15-11(2)14(3,4)12-8-6-7-9-13(12)15/h1,6-9,11H,10H2,2-4H3. The normalized spacial score (nSPS) is 22.3. The number of terminal acetylenes is 1. The van der Waals surface area contributed by atoms with Gasteiger partial charge >= 0.3 is 0 Å². The molecule has 1 atom stereocenters. The Morgan fingerprint density at radius 2 is 2.07 bits per heavy atom. The van der Waals surface area contributed by atoms with E-state index in [0.717, 1.165) is 0 Å². The van der Waals surface area contributed by atoms with Crippen LogP contribution in [-0.2, 0) is 5.41 Å². The second kappa shape index (κ2) is 3.31. The summed E-state index contributed by atoms with van der Waals surface area (Å²) in [5.41, 5.74) is 2.90. The maximum atomic E-state index is 5.42. The van der Waals surface area contributed by atoms with E-state index in [0.29, 0.717) is 12.6 Å². The van der Waals surface area contributed by atoms with Gasteiger partial charge in [0, 0.05) is 17.1 Å². The van der Waals surface area contributed by atoms with Crippen molar-refractivity contribution in [2.75, 3.05) is 11.4 Å². The first-order chi connectivity index (χ1) is 7.09. The number of hydrogen-bond acceptors (Lipinski definition) is 1. The van der Waals surface area contributed by atoms with Gasteiger partial charge in [0.15, 0.2) is 0 Å². The minimum atomic E-state index is 0.188. The average Bonchev–Trinajstić information content (AvgIpc) is 2.42. The van der Waals surface area contributed by atoms with E-state index in [2.05, 4.69) is 55.9 Å². The Labute approximate surface area is 92.1 Å². The highest BCUT2D eigenvalue weighted by Gasteiger charge is 2.40. The SMILES string of the molecule is C#CCN1c2ccccc2C(C)(C)C1C. The van der Waals surface area contributed by atoms with Crippen molar-refractivity contribution in [3.8, 4) is 12.3 Å². The number of hydrogen-bond donors (Lipinski definition) is 0. The molecule has 0 N–H and O–H groups in total. The van der Waals surface area contributed by atoms with Crippen LogP contribution in [0.4, 0.5) is 5.69 Å². The summed E-state index contributed by atoms with van der Waals surface area (Å²) in [6.45, 7) is 7.51. The first-order valence-electron chi connectivity index (χ1n) is 5.38. The summed E-state index contributed by atoms with van der Waals surface area (Å²) in [5, 5.41) is 0. The van der Waals surface area contributed by atoms with Crippen LogP contribution in [0.15, 0.2) is 24.3 Å². The molecule has 0 saturated carbocycles. The molecule has 0 saturated heterocycles. The summed E-state index contributed by atoms with van der Waals surface area (Å²) in [6.07, 6.45) is 5.42. The highest BCUT2D eigenvalue weighted by atomic mass is 15.2. The van der Waals surface area contributed by atoms with Crippen LogP contribution in [0.2, 0.25) is 0 Å². The van der Waals surface area contributed by atoms with Gasteiger partial charge in [-0.3, -0.25) is 0 Å². The Hall–Kier alpha value is -1.42. The molecule has 1 aliphatic rings. The second-order valence-corrected chi connectivity index (χ2v) is 4.75. The summed E-state index contributed by atoms with van der Waals surface area (Å²) in [6, 6.07) is 9.02. The zero-order valence-electron chi connectivity index (χ0n) is 9.62. The van der Waals surface area contributed by atoms with Gasteiger partial charge in [0.25, 0.3) is 0 Å². The lowest BCUT2D eigenvalue weighted by atomic mass is 9.81. The maximum absolute atomic E-state index is 5.42. The summed E-state index contributed by atoms with van der Waals surface area (Å²) in [7, 11) is 0. The quantitative estimate of drug-likeness (QED) is 0.629. The molecule has 0 fully saturated rings. The van der Waals surface area contributed by atoms with E-state index in [1.54, 1.807) is 0 Å². The molecule has 1 nitrogen and oxygen atoms in total. The van der Waals surface area contributed by atoms with Crippen LogP contribution < -0.4 is 4.90 Å². The van der Waals surface area contributed by atoms with Crippen molar-refractivity contribution in [2.24, 2.45) is 0 Å². The fourth-order valence-electron chi connectivity index (χ4n) is 2.41. The van der Waals surface area contributed by atoms with Crippen LogP contribution in [-0.4, -0.2) is 12.6 Å². The number of rotatable bonds is 1. The summed E-state index contributed by atoms with van der Waals surface area (Å²) < 4.78 is 0. The molecule has 0 spiro atoms. The Morgan fingerprint density at radius 1 is 1.40 bits per heavy atom. The van der Waals surface area contributed by atoms with E-state index in [4.69, 9.17) is 6.42 Å². The molecule has 0 bridgehead atoms. The van der Waals surface area contributed by atoms with Crippen molar-refractivity contribution >= 4 is 5.69 Å². The molecule has 0 amide bonds. The van der Waals surface area contributed by atoms with Crippen LogP contribution in [0.3, 0.4) is 0 Å². The molecular weight excluding hydrogens is 182 g/mol. The third-order valence-corrected chi connectivity index (χ3v) is 3.68. The smallest absolute Gasteiger partial charge is 0.0795 e. The van der Waals surface area contributed by atoms with E-state index < -0.39 is 0 Å². The van der Waals surface area contributed by atoms with E-state index in [-0.39, 0.29) is 5.41 Å². The largest absolute Gasteiger partial charge is 0.357 e. The summed E-state index contributed by atoms with van der Waals surface area (Å²) in [5.74, 6) is 2.74. The lowest BCUT2D eigenvalue weighted by molar-refractivity contribution is 0.449. The van der Waals surface area contributed by atoms with Gasteiger partial charge in [-0.25, -0.2) is 0 Å². The number of anilines is 1. The van der Waals surface area contributed by atoms with Crippen molar-refractivity contribution in [3.05, 3.63) is 29.8 Å². The predicted molar refractivity (Wildman–Crippen MR) is 65.1 cm³/mol. The van der Waals surface area contributed by atoms with E-state index in [9.17, 15) is 0 Å². The third kappa shape index (κ3) is 1.33. The fraction of sp³-hybridized carbons (Fsp3) is 0.429. The third-order valence-electron chi connectivity index (χ3n) is 3.68. The molecule has 1 aromatic rings. The fourth-order valence-corrected chi connectivity index (χ4v) is 2.41. The van der Waals surface area contributed by atoms with Gasteiger partial charge < -0.3 is 4.90 Å². The molecule has 0 radical (unpaired) electrons. The minimum absolute atomic E-state index is 0.188. The van der Waals surface area contributed by atoms with Crippen molar-refractivity contribution < 1.29 is 0 Å². The van der Waals surface area contributed by atoms with Crippen LogP contribution in [0.5, 0.6) is 0 Å². The molecule has 1 heteroatoms. The molecule has 1 aliphatic heterocycles. The number of benzene rings is 1. The average molecular weight is 199 g/mol. The van der Waals surface area contributed by atoms with Crippen molar-refractivity contribution in [1.29, 1.82) is 0 Å². The number of para-hydroxylation sites is 1. The highest BCUT2D eigenvalue weighted by molar-refractivity contribution is 5.64. The Morgan fingerprint density at radius 3 is 2.73 bits per heavy atom. The molecule has 0 aromatic heterocycles. The summed E-state index contributed by atoms with van der Waals surface area (Å²) >= 11 is 0. The van der Waals surface area contributed by atoms with Gasteiger partial charge in [-0.05, 0) is 18.6 Å². The Bertz CT molecular complexity index is 412. The van der Waals surface area contributed by atoms with Crippen molar-refractivity contribution in [3.63, 3.8) is 0 Å². The highest BCUT2D eigenvalue weighted by Crippen LogP contribution is 2.44. The Balaban J connectivity index is 2.53. The van der Waals surface area contributed by atoms with Gasteiger partial charge in [0.1, 0.15) is 0 Å². The lowest BCUT2D eigenvalue weighted by Gasteiger charge is -2.30. The van der Waals surface area contributed by atoms with Gasteiger partial charge in [-0.15, -0.1) is 6.42 Å².